The van der Waals surface area contributed by atoms with Crippen LogP contribution < -0.4 is 5.56 Å². The summed E-state index contributed by atoms with van der Waals surface area (Å²) in [4.78, 5) is 22.2. The van der Waals surface area contributed by atoms with E-state index in [1.807, 2.05) is 19.9 Å². The number of aromatic nitrogens is 3. The van der Waals surface area contributed by atoms with E-state index in [0.29, 0.717) is 39.0 Å². The average Bonchev–Trinajstić information content (AvgIpc) is 3.00. The number of fused-ring (bicyclic) bond motifs is 1. The van der Waals surface area contributed by atoms with Crippen molar-refractivity contribution in [3.05, 3.63) is 81.5 Å². The van der Waals surface area contributed by atoms with Crippen LogP contribution in [-0.2, 0) is 5.75 Å². The second-order valence-electron chi connectivity index (χ2n) is 6.52. The van der Waals surface area contributed by atoms with E-state index in [4.69, 9.17) is 4.42 Å². The maximum Gasteiger partial charge on any atom is 0.266 e. The summed E-state index contributed by atoms with van der Waals surface area (Å²) in [5.41, 5.74) is 2.15. The molecule has 0 amide bonds. The monoisotopic (exact) mass is 395 g/mol. The van der Waals surface area contributed by atoms with Gasteiger partial charge in [-0.15, -0.1) is 0 Å². The third kappa shape index (κ3) is 3.33. The Morgan fingerprint density at radius 1 is 1.11 bits per heavy atom. The largest absolute Gasteiger partial charge is 0.445 e. The van der Waals surface area contributed by atoms with Crippen molar-refractivity contribution in [3.63, 3.8) is 0 Å². The van der Waals surface area contributed by atoms with Gasteiger partial charge < -0.3 is 4.42 Å². The van der Waals surface area contributed by atoms with Gasteiger partial charge in [-0.3, -0.25) is 9.36 Å². The molecule has 142 valence electrons. The van der Waals surface area contributed by atoms with Crippen LogP contribution in [0.5, 0.6) is 0 Å². The van der Waals surface area contributed by atoms with E-state index in [0.717, 1.165) is 11.5 Å². The lowest BCUT2D eigenvalue weighted by molar-refractivity contribution is 0.489. The van der Waals surface area contributed by atoms with E-state index in [1.54, 1.807) is 37.3 Å². The first kappa shape index (κ1) is 18.4. The number of aryl methyl sites for hydroxylation is 3. The molecule has 4 rings (SSSR count). The van der Waals surface area contributed by atoms with E-state index < -0.39 is 0 Å². The topological polar surface area (TPSA) is 60.9 Å². The Kier molecular flexibility index (Phi) is 4.77. The van der Waals surface area contributed by atoms with Gasteiger partial charge >= 0.3 is 0 Å². The van der Waals surface area contributed by atoms with Crippen LogP contribution in [0, 0.1) is 26.6 Å². The summed E-state index contributed by atoms with van der Waals surface area (Å²) in [6.45, 7) is 5.42. The molecule has 0 fully saturated rings. The first-order valence-electron chi connectivity index (χ1n) is 8.78. The zero-order valence-electron chi connectivity index (χ0n) is 15.7. The van der Waals surface area contributed by atoms with Crippen molar-refractivity contribution in [2.75, 3.05) is 0 Å². The normalized spacial score (nSPS) is 11.3. The molecule has 5 nitrogen and oxygen atoms in total. The highest BCUT2D eigenvalue weighted by atomic mass is 32.2. The number of oxazole rings is 1. The first-order chi connectivity index (χ1) is 13.4. The Labute approximate surface area is 165 Å². The number of halogens is 1. The second kappa shape index (κ2) is 7.24. The molecule has 0 radical (unpaired) electrons. The van der Waals surface area contributed by atoms with Crippen LogP contribution in [0.15, 0.2) is 56.8 Å². The van der Waals surface area contributed by atoms with Crippen molar-refractivity contribution >= 4 is 22.7 Å². The molecular formula is C21H18FN3O2S. The molecule has 0 saturated heterocycles. The van der Waals surface area contributed by atoms with Crippen molar-refractivity contribution in [3.8, 4) is 5.69 Å². The molecule has 0 aliphatic rings. The van der Waals surface area contributed by atoms with Gasteiger partial charge in [-0.25, -0.2) is 14.4 Å². The van der Waals surface area contributed by atoms with Crippen molar-refractivity contribution in [2.45, 2.75) is 31.7 Å². The van der Waals surface area contributed by atoms with E-state index in [2.05, 4.69) is 9.97 Å². The molecule has 0 N–H and O–H groups in total. The molecule has 0 unspecified atom stereocenters. The minimum atomic E-state index is -0.368. The average molecular weight is 395 g/mol. The van der Waals surface area contributed by atoms with Gasteiger partial charge in [-0.1, -0.05) is 30.0 Å². The quantitative estimate of drug-likeness (QED) is 0.369. The molecule has 0 saturated carbocycles. The Hall–Kier alpha value is -2.93. The summed E-state index contributed by atoms with van der Waals surface area (Å²) in [7, 11) is 0. The van der Waals surface area contributed by atoms with Crippen molar-refractivity contribution in [2.24, 2.45) is 0 Å². The Balaban J connectivity index is 1.85. The zero-order valence-corrected chi connectivity index (χ0v) is 16.5. The molecular weight excluding hydrogens is 377 g/mol. The molecule has 2 aromatic heterocycles. The molecule has 0 atom stereocenters. The summed E-state index contributed by atoms with van der Waals surface area (Å²) >= 11 is 1.33. The van der Waals surface area contributed by atoms with Crippen molar-refractivity contribution < 1.29 is 8.81 Å². The highest BCUT2D eigenvalue weighted by Crippen LogP contribution is 2.25. The van der Waals surface area contributed by atoms with E-state index in [1.165, 1.54) is 22.4 Å². The number of benzene rings is 2. The molecule has 2 aromatic carbocycles. The maximum absolute atomic E-state index is 14.2. The summed E-state index contributed by atoms with van der Waals surface area (Å²) in [6, 6.07) is 11.9. The van der Waals surface area contributed by atoms with Gasteiger partial charge in [0.1, 0.15) is 11.6 Å². The standard InChI is InChI=1S/C21H18FN3O2S/c1-12-8-9-15(10-17(12)22)25-20(26)16-6-4-5-7-18(16)24-21(25)28-11-19-23-13(2)14(3)27-19/h4-10H,11H2,1-3H3. The highest BCUT2D eigenvalue weighted by Gasteiger charge is 2.16. The van der Waals surface area contributed by atoms with Crippen LogP contribution in [0.1, 0.15) is 22.9 Å². The zero-order chi connectivity index (χ0) is 19.8. The van der Waals surface area contributed by atoms with Crippen molar-refractivity contribution in [1.82, 2.24) is 14.5 Å². The predicted molar refractivity (Wildman–Crippen MR) is 108 cm³/mol. The van der Waals surface area contributed by atoms with E-state index >= 15 is 0 Å². The lowest BCUT2D eigenvalue weighted by atomic mass is 10.2. The van der Waals surface area contributed by atoms with Crippen LogP contribution in [0.4, 0.5) is 4.39 Å². The number of rotatable bonds is 4. The van der Waals surface area contributed by atoms with Gasteiger partial charge in [0.15, 0.2) is 5.16 Å². The van der Waals surface area contributed by atoms with E-state index in [-0.39, 0.29) is 11.4 Å². The maximum atomic E-state index is 14.2. The van der Waals surface area contributed by atoms with E-state index in [9.17, 15) is 9.18 Å². The fourth-order valence-electron chi connectivity index (χ4n) is 2.88. The number of hydrogen-bond donors (Lipinski definition) is 0. The number of para-hydroxylation sites is 1. The summed E-state index contributed by atoms with van der Waals surface area (Å²) in [6.07, 6.45) is 0. The van der Waals surface area contributed by atoms with Crippen molar-refractivity contribution in [1.29, 1.82) is 0 Å². The van der Waals surface area contributed by atoms with Crippen LogP contribution in [0.3, 0.4) is 0 Å². The second-order valence-corrected chi connectivity index (χ2v) is 7.47. The minimum Gasteiger partial charge on any atom is -0.445 e. The SMILES string of the molecule is Cc1ccc(-n2c(SCc3nc(C)c(C)o3)nc3ccccc3c2=O)cc1F. The molecule has 0 aliphatic carbocycles. The van der Waals surface area contributed by atoms with Crippen LogP contribution >= 0.6 is 11.8 Å². The molecule has 2 heterocycles. The summed E-state index contributed by atoms with van der Waals surface area (Å²) in [5, 5.41) is 0.941. The third-order valence-electron chi connectivity index (χ3n) is 4.56. The molecule has 4 aromatic rings. The molecule has 28 heavy (non-hydrogen) atoms. The summed E-state index contributed by atoms with van der Waals surface area (Å²) in [5.74, 6) is 1.37. The van der Waals surface area contributed by atoms with Crippen LogP contribution in [-0.4, -0.2) is 14.5 Å². The highest BCUT2D eigenvalue weighted by molar-refractivity contribution is 7.98. The number of hydrogen-bond acceptors (Lipinski definition) is 5. The van der Waals surface area contributed by atoms with Gasteiger partial charge in [-0.2, -0.15) is 0 Å². The Morgan fingerprint density at radius 3 is 2.61 bits per heavy atom. The number of nitrogens with zero attached hydrogens (tertiary/aromatic N) is 3. The van der Waals surface area contributed by atoms with Gasteiger partial charge in [0.2, 0.25) is 5.89 Å². The van der Waals surface area contributed by atoms with Crippen LogP contribution in [0.2, 0.25) is 0 Å². The molecule has 0 aliphatic heterocycles. The van der Waals surface area contributed by atoms with Gasteiger partial charge in [0.25, 0.3) is 5.56 Å². The minimum absolute atomic E-state index is 0.240. The lowest BCUT2D eigenvalue weighted by Crippen LogP contribution is -2.22. The van der Waals surface area contributed by atoms with Gasteiger partial charge in [0.05, 0.1) is 28.0 Å². The Bertz CT molecular complexity index is 1230. The summed E-state index contributed by atoms with van der Waals surface area (Å²) < 4.78 is 21.2. The van der Waals surface area contributed by atoms with Crippen LogP contribution in [0.25, 0.3) is 16.6 Å². The smallest absolute Gasteiger partial charge is 0.266 e. The number of thioether (sulfide) groups is 1. The predicted octanol–water partition coefficient (Wildman–Crippen LogP) is 4.73. The van der Waals surface area contributed by atoms with Gasteiger partial charge in [0, 0.05) is 0 Å². The first-order valence-corrected chi connectivity index (χ1v) is 9.76. The lowest BCUT2D eigenvalue weighted by Gasteiger charge is -2.13. The molecule has 7 heteroatoms. The Morgan fingerprint density at radius 2 is 1.89 bits per heavy atom. The fraction of sp³-hybridized carbons (Fsp3) is 0.190. The molecule has 0 bridgehead atoms. The third-order valence-corrected chi connectivity index (χ3v) is 5.48. The fourth-order valence-corrected chi connectivity index (χ4v) is 3.74. The van der Waals surface area contributed by atoms with Gasteiger partial charge in [-0.05, 0) is 50.6 Å². The molecule has 0 spiro atoms.